The van der Waals surface area contributed by atoms with Crippen LogP contribution in [0.3, 0.4) is 0 Å². The number of hydroxylamine groups is 1. The van der Waals surface area contributed by atoms with Crippen molar-refractivity contribution in [1.82, 2.24) is 0 Å². The minimum absolute atomic E-state index is 0.0104. The highest BCUT2D eigenvalue weighted by Crippen LogP contribution is 2.33. The minimum atomic E-state index is -1.86. The van der Waals surface area contributed by atoms with E-state index in [0.717, 1.165) is 22.9 Å². The largest absolute Gasteiger partial charge is 0.497 e. The highest BCUT2D eigenvalue weighted by Gasteiger charge is 2.28. The fourth-order valence-electron chi connectivity index (χ4n) is 3.17. The number of para-hydroxylation sites is 1. The Kier molecular flexibility index (Phi) is 7.01. The van der Waals surface area contributed by atoms with Crippen LogP contribution in [0, 0.1) is 0 Å². The van der Waals surface area contributed by atoms with Gasteiger partial charge in [-0.25, -0.2) is 0 Å². The predicted octanol–water partition coefficient (Wildman–Crippen LogP) is 6.91. The van der Waals surface area contributed by atoms with Gasteiger partial charge in [-0.05, 0) is 73.6 Å². The Bertz CT molecular complexity index is 893. The second kappa shape index (κ2) is 9.48. The van der Waals surface area contributed by atoms with E-state index in [1.807, 2.05) is 42.5 Å². The maximum absolute atomic E-state index is 6.61. The first-order valence-electron chi connectivity index (χ1n) is 9.77. The molecule has 3 rings (SSSR count). The molecule has 1 unspecified atom stereocenters. The number of nitrogens with zero attached hydrogens (tertiary/aromatic N) is 1. The van der Waals surface area contributed by atoms with Gasteiger partial charge in [0.1, 0.15) is 5.75 Å². The van der Waals surface area contributed by atoms with Gasteiger partial charge in [0.15, 0.2) is 0 Å². The van der Waals surface area contributed by atoms with Crippen LogP contribution in [0.1, 0.15) is 17.2 Å². The molecule has 0 aliphatic rings. The van der Waals surface area contributed by atoms with E-state index in [-0.39, 0.29) is 6.04 Å². The van der Waals surface area contributed by atoms with E-state index in [4.69, 9.17) is 20.9 Å². The molecule has 0 fully saturated rings. The van der Waals surface area contributed by atoms with Gasteiger partial charge >= 0.3 is 0 Å². The molecule has 152 valence electrons. The molecule has 0 aliphatic heterocycles. The third kappa shape index (κ3) is 6.10. The monoisotopic (exact) mass is 425 g/mol. The first-order chi connectivity index (χ1) is 13.9. The first kappa shape index (κ1) is 21.4. The van der Waals surface area contributed by atoms with Gasteiger partial charge in [-0.1, -0.05) is 54.1 Å². The van der Waals surface area contributed by atoms with E-state index in [2.05, 4.69) is 61.1 Å². The van der Waals surface area contributed by atoms with Gasteiger partial charge < -0.3 is 9.26 Å². The van der Waals surface area contributed by atoms with Crippen molar-refractivity contribution in [3.63, 3.8) is 0 Å². The third-order valence-electron chi connectivity index (χ3n) is 4.51. The molecule has 3 aromatic rings. The van der Waals surface area contributed by atoms with Crippen molar-refractivity contribution >= 4 is 25.6 Å². The fourth-order valence-corrected chi connectivity index (χ4v) is 4.12. The Balaban J connectivity index is 2.04. The third-order valence-corrected chi connectivity index (χ3v) is 5.51. The molecule has 3 aromatic carbocycles. The second-order valence-corrected chi connectivity index (χ2v) is 12.8. The van der Waals surface area contributed by atoms with Crippen LogP contribution in [0.2, 0.25) is 24.7 Å². The van der Waals surface area contributed by atoms with E-state index < -0.39 is 8.32 Å². The van der Waals surface area contributed by atoms with E-state index >= 15 is 0 Å². The number of methoxy groups -OCH3 is 1. The molecule has 29 heavy (non-hydrogen) atoms. The van der Waals surface area contributed by atoms with Gasteiger partial charge in [0.05, 0.1) is 18.8 Å². The summed E-state index contributed by atoms with van der Waals surface area (Å²) >= 11 is 6.10. The number of anilines is 1. The van der Waals surface area contributed by atoms with Crippen molar-refractivity contribution in [2.24, 2.45) is 0 Å². The summed E-state index contributed by atoms with van der Waals surface area (Å²) in [5.41, 5.74) is 3.42. The zero-order valence-electron chi connectivity index (χ0n) is 17.4. The van der Waals surface area contributed by atoms with Crippen LogP contribution >= 0.6 is 11.6 Å². The molecule has 0 aromatic heterocycles. The van der Waals surface area contributed by atoms with Crippen molar-refractivity contribution in [2.45, 2.75) is 32.1 Å². The number of ether oxygens (including phenoxy) is 1. The quantitative estimate of drug-likeness (QED) is 0.289. The minimum Gasteiger partial charge on any atom is -0.497 e. The number of halogens is 1. The van der Waals surface area contributed by atoms with Gasteiger partial charge in [-0.2, -0.15) is 0 Å². The van der Waals surface area contributed by atoms with E-state index in [9.17, 15) is 0 Å². The van der Waals surface area contributed by atoms with Gasteiger partial charge in [-0.15, -0.1) is 0 Å². The summed E-state index contributed by atoms with van der Waals surface area (Å²) in [5, 5.41) is 2.83. The highest BCUT2D eigenvalue weighted by molar-refractivity contribution is 6.69. The molecule has 0 saturated carbocycles. The summed E-state index contributed by atoms with van der Waals surface area (Å²) < 4.78 is 12.0. The Labute approximate surface area is 179 Å². The highest BCUT2D eigenvalue weighted by atomic mass is 35.5. The van der Waals surface area contributed by atoms with Crippen LogP contribution in [0.4, 0.5) is 5.69 Å². The molecule has 0 saturated heterocycles. The summed E-state index contributed by atoms with van der Waals surface area (Å²) in [6, 6.07) is 26.6. The van der Waals surface area contributed by atoms with Crippen molar-refractivity contribution in [3.05, 3.63) is 95.0 Å². The van der Waals surface area contributed by atoms with E-state index in [1.54, 1.807) is 7.11 Å². The molecule has 0 N–H and O–H groups in total. The maximum atomic E-state index is 6.61. The average molecular weight is 426 g/mol. The molecular formula is C24H28ClNO2Si. The zero-order chi connectivity index (χ0) is 20.9. The maximum Gasteiger partial charge on any atom is 0.220 e. The lowest BCUT2D eigenvalue weighted by molar-refractivity contribution is 0.232. The molecule has 5 heteroatoms. The van der Waals surface area contributed by atoms with Crippen LogP contribution in [-0.2, 0) is 10.9 Å². The van der Waals surface area contributed by atoms with Crippen molar-refractivity contribution in [1.29, 1.82) is 0 Å². The van der Waals surface area contributed by atoms with E-state index in [0.29, 0.717) is 0 Å². The molecule has 0 amide bonds. The Morgan fingerprint density at radius 1 is 0.862 bits per heavy atom. The number of hydrogen-bond acceptors (Lipinski definition) is 3. The predicted molar refractivity (Wildman–Crippen MR) is 124 cm³/mol. The van der Waals surface area contributed by atoms with Gasteiger partial charge in [0.25, 0.3) is 0 Å². The molecule has 0 spiro atoms. The number of rotatable bonds is 8. The van der Waals surface area contributed by atoms with Crippen molar-refractivity contribution in [3.8, 4) is 5.75 Å². The molecule has 0 radical (unpaired) electrons. The Morgan fingerprint density at radius 2 is 1.48 bits per heavy atom. The Morgan fingerprint density at radius 3 is 2.03 bits per heavy atom. The van der Waals surface area contributed by atoms with Crippen LogP contribution in [0.5, 0.6) is 5.75 Å². The average Bonchev–Trinajstić information content (AvgIpc) is 2.72. The first-order valence-corrected chi connectivity index (χ1v) is 13.6. The lowest BCUT2D eigenvalue weighted by Gasteiger charge is -2.37. The van der Waals surface area contributed by atoms with Crippen molar-refractivity contribution < 1.29 is 9.26 Å². The van der Waals surface area contributed by atoms with Crippen LogP contribution in [0.25, 0.3) is 0 Å². The summed E-state index contributed by atoms with van der Waals surface area (Å²) in [6.45, 7) is 6.61. The second-order valence-electron chi connectivity index (χ2n) is 7.98. The summed E-state index contributed by atoms with van der Waals surface area (Å²) in [5.74, 6) is 0.844. The summed E-state index contributed by atoms with van der Waals surface area (Å²) in [4.78, 5) is 0. The van der Waals surface area contributed by atoms with Crippen LogP contribution in [0.15, 0.2) is 78.9 Å². The molecule has 0 aliphatic carbocycles. The molecule has 1 atom stereocenters. The van der Waals surface area contributed by atoms with Crippen molar-refractivity contribution in [2.75, 3.05) is 12.2 Å². The lowest BCUT2D eigenvalue weighted by atomic mass is 9.98. The molecule has 3 nitrogen and oxygen atoms in total. The summed E-state index contributed by atoms with van der Waals surface area (Å²) in [7, 11) is -0.177. The number of hydrogen-bond donors (Lipinski definition) is 0. The lowest BCUT2D eigenvalue weighted by Crippen LogP contribution is -2.40. The molecule has 0 bridgehead atoms. The zero-order valence-corrected chi connectivity index (χ0v) is 19.2. The smallest absolute Gasteiger partial charge is 0.220 e. The van der Waals surface area contributed by atoms with Crippen LogP contribution in [-0.4, -0.2) is 15.4 Å². The topological polar surface area (TPSA) is 21.7 Å². The molecule has 0 heterocycles. The van der Waals surface area contributed by atoms with E-state index in [1.165, 1.54) is 11.1 Å². The van der Waals surface area contributed by atoms with Gasteiger partial charge in [0, 0.05) is 5.02 Å². The van der Waals surface area contributed by atoms with Crippen LogP contribution < -0.4 is 9.80 Å². The van der Waals surface area contributed by atoms with Gasteiger partial charge in [0.2, 0.25) is 8.32 Å². The SMILES string of the molecule is COc1ccc(C(Cc2ccc(Cl)cc2)N(O[Si](C)(C)C)c2ccccc2)cc1. The summed E-state index contributed by atoms with van der Waals surface area (Å²) in [6.07, 6.45) is 0.795. The molecular weight excluding hydrogens is 398 g/mol. The van der Waals surface area contributed by atoms with Gasteiger partial charge in [-0.3, -0.25) is 5.06 Å². The normalized spacial score (nSPS) is 12.4. The number of benzene rings is 3. The fraction of sp³-hybridized carbons (Fsp3) is 0.250. The Hall–Kier alpha value is -2.27. The standard InChI is InChI=1S/C24H28ClNO2Si/c1-27-23-16-12-20(13-17-23)24(18-19-10-14-21(25)15-11-19)26(28-29(2,3)4)22-8-6-5-7-9-22/h5-17,24H,18H2,1-4H3.